The highest BCUT2D eigenvalue weighted by Crippen LogP contribution is 2.46. The van der Waals surface area contributed by atoms with E-state index in [0.717, 1.165) is 19.3 Å². The van der Waals surface area contributed by atoms with Gasteiger partial charge in [-0.3, -0.25) is 0 Å². The predicted molar refractivity (Wildman–Crippen MR) is 687 cm³/mol. The van der Waals surface area contributed by atoms with Crippen molar-refractivity contribution in [3.8, 4) is 83.8 Å². The van der Waals surface area contributed by atoms with Crippen LogP contribution in [0, 0.1) is 20.8 Å². The molecule has 0 N–H and O–H groups in total. The van der Waals surface area contributed by atoms with E-state index < -0.39 is 0 Å². The molecule has 792 valence electrons. The van der Waals surface area contributed by atoms with E-state index in [-0.39, 0.29) is 22.3 Å². The van der Waals surface area contributed by atoms with Gasteiger partial charge in [-0.1, -0.05) is 664 Å². The van der Waals surface area contributed by atoms with E-state index in [0.29, 0.717) is 0 Å². The van der Waals surface area contributed by atoms with Crippen LogP contribution in [0.4, 0.5) is 0 Å². The molecule has 3 aromatic heterocycles. The molecule has 0 radical (unpaired) electrons. The first-order valence-electron chi connectivity index (χ1n) is 55.3. The molecule has 0 saturated carbocycles. The Labute approximate surface area is 913 Å². The normalized spacial score (nSPS) is 9.40. The molecule has 0 aliphatic rings. The zero-order valence-corrected chi connectivity index (χ0v) is 95.4. The summed E-state index contributed by atoms with van der Waals surface area (Å²) in [7, 11) is 0. The summed E-state index contributed by atoms with van der Waals surface area (Å²) in [6.07, 6.45) is 6.82. The number of fused-ring (bicyclic) bond motifs is 9. The Kier molecular flexibility index (Phi) is 69.9. The first-order chi connectivity index (χ1) is 72.5. The molecule has 0 aliphatic carbocycles. The first kappa shape index (κ1) is 133. The van der Waals surface area contributed by atoms with Crippen molar-refractivity contribution in [1.29, 1.82) is 0 Å². The van der Waals surface area contributed by atoms with Crippen molar-refractivity contribution in [2.24, 2.45) is 0 Å². The molecule has 0 amide bonds. The van der Waals surface area contributed by atoms with Gasteiger partial charge in [0.2, 0.25) is 0 Å². The number of benzene rings is 18. The largest absolute Gasteiger partial charge is 0.308 e. The van der Waals surface area contributed by atoms with Gasteiger partial charge in [-0.25, -0.2) is 0 Å². The Morgan fingerprint density at radius 3 is 0.580 bits per heavy atom. The smallest absolute Gasteiger partial charge is 0.0619 e. The van der Waals surface area contributed by atoms with Crippen molar-refractivity contribution < 1.29 is 0 Å². The average molecular weight is 2000 g/mol. The lowest BCUT2D eigenvalue weighted by Crippen LogP contribution is -2.01. The molecular formula is C147H189N3. The summed E-state index contributed by atoms with van der Waals surface area (Å²) in [4.78, 5) is 0. The van der Waals surface area contributed by atoms with Crippen molar-refractivity contribution in [2.75, 3.05) is 0 Å². The van der Waals surface area contributed by atoms with Gasteiger partial charge in [-0.05, 0) is 127 Å². The summed E-state index contributed by atoms with van der Waals surface area (Å²) >= 11 is 0. The fourth-order valence-electron chi connectivity index (χ4n) is 16.7. The number of hydrogen-bond donors (Lipinski definition) is 0. The summed E-state index contributed by atoms with van der Waals surface area (Å²) in [5, 5.41) is 7.69. The Hall–Kier alpha value is -14.6. The Morgan fingerprint density at radius 1 is 0.153 bits per heavy atom. The monoisotopic (exact) mass is 2000 g/mol. The number of aromatic nitrogens is 3. The second-order valence-corrected chi connectivity index (χ2v) is 32.5. The Balaban J connectivity index is 0.000000917. The molecule has 21 rings (SSSR count). The standard InChI is InChI=1S/3C32H25N.3C7H8.3C3H8.9C2H6.3CH4/c1-2-23-12-10-15-25(22-23)27-19-11-18-26(24-13-4-3-5-14-24)32(27)33-30-20-8-6-16-28(30)29-17-7-9-21-31(29)33;1-2-23-19-21-25(22-20-23)27-16-10-15-26(24-11-4-3-5-12-24)32(27)33-30-17-8-6-13-28(30)29-14-7-9-18-31(29)33;1-2-23-13-6-7-16-25(23)29-20-12-19-26(24-14-4-3-5-15-24)32(29)33-30-21-10-8-17-27(30)28-18-9-11-22-31(28)33;3*1-7-5-3-2-4-6-7;3*1-3-2;9*1-2;;;/h3*3-22H,2H2,1H3;3*2-6H,1H3;3*3H2,1-2H3;9*1-2H3;3*1H4. The molecule has 21 aromatic rings. The quantitative estimate of drug-likeness (QED) is 0.116. The topological polar surface area (TPSA) is 14.8 Å². The van der Waals surface area contributed by atoms with Gasteiger partial charge in [-0.2, -0.15) is 0 Å². The van der Waals surface area contributed by atoms with Crippen molar-refractivity contribution in [1.82, 2.24) is 13.7 Å². The zero-order chi connectivity index (χ0) is 108. The maximum atomic E-state index is 2.47. The molecule has 0 spiro atoms. The van der Waals surface area contributed by atoms with Crippen LogP contribution < -0.4 is 0 Å². The van der Waals surface area contributed by atoms with E-state index >= 15 is 0 Å². The highest BCUT2D eigenvalue weighted by Gasteiger charge is 2.24. The number of aryl methyl sites for hydroxylation is 6. The summed E-state index contributed by atoms with van der Waals surface area (Å²) in [6, 6.07) is 162. The van der Waals surface area contributed by atoms with E-state index in [1.165, 1.54) is 202 Å². The Morgan fingerprint density at radius 2 is 0.340 bits per heavy atom. The van der Waals surface area contributed by atoms with Crippen LogP contribution in [-0.2, 0) is 19.3 Å². The number of nitrogens with zero attached hydrogens (tertiary/aromatic N) is 3. The number of para-hydroxylation sites is 9. The van der Waals surface area contributed by atoms with Crippen LogP contribution in [0.2, 0.25) is 0 Å². The van der Waals surface area contributed by atoms with Crippen LogP contribution in [-0.4, -0.2) is 13.7 Å². The number of rotatable bonds is 12. The fourth-order valence-corrected chi connectivity index (χ4v) is 16.7. The third-order valence-corrected chi connectivity index (χ3v) is 22.6. The van der Waals surface area contributed by atoms with Gasteiger partial charge < -0.3 is 13.7 Å². The summed E-state index contributed by atoms with van der Waals surface area (Å²) in [5.41, 5.74) is 34.1. The molecule has 0 unspecified atom stereocenters. The SMILES string of the molecule is C.C.C.CC.CC.CC.CC.CC.CC.CC.CC.CC.CCC.CCC.CCC.CCc1ccc(-c2cccc(-c3ccccc3)c2-n2c3ccccc3c3ccccc32)cc1.CCc1cccc(-c2cccc(-c3ccccc3)c2-n2c3ccccc3c3ccccc32)c1.CCc1ccccc1-c1cccc(-c2ccccc2)c1-n1c2ccccc2c2ccccc21.Cc1ccccc1.Cc1ccccc1.Cc1ccccc1. The van der Waals surface area contributed by atoms with Crippen LogP contribution >= 0.6 is 0 Å². The molecule has 3 heteroatoms. The second kappa shape index (κ2) is 78.6. The molecule has 18 aromatic carbocycles. The van der Waals surface area contributed by atoms with Crippen molar-refractivity contribution in [3.63, 3.8) is 0 Å². The number of hydrogen-bond acceptors (Lipinski definition) is 0. The van der Waals surface area contributed by atoms with Gasteiger partial charge in [0.05, 0.1) is 50.2 Å². The lowest BCUT2D eigenvalue weighted by molar-refractivity contribution is 1.09. The molecule has 0 atom stereocenters. The lowest BCUT2D eigenvalue weighted by Gasteiger charge is -2.20. The molecule has 0 saturated heterocycles. The minimum absolute atomic E-state index is 0. The maximum Gasteiger partial charge on any atom is 0.0619 e. The van der Waals surface area contributed by atoms with E-state index in [1.807, 2.05) is 179 Å². The minimum atomic E-state index is 0. The van der Waals surface area contributed by atoms with Crippen LogP contribution in [0.25, 0.3) is 149 Å². The van der Waals surface area contributed by atoms with Crippen LogP contribution in [0.3, 0.4) is 0 Å². The van der Waals surface area contributed by atoms with E-state index in [1.54, 1.807) is 0 Å². The van der Waals surface area contributed by atoms with Crippen molar-refractivity contribution in [3.05, 3.63) is 488 Å². The third kappa shape index (κ3) is 37.3. The minimum Gasteiger partial charge on any atom is -0.308 e. The summed E-state index contributed by atoms with van der Waals surface area (Å²) < 4.78 is 7.38. The molecule has 0 bridgehead atoms. The lowest BCUT2D eigenvalue weighted by atomic mass is 9.92. The first-order valence-corrected chi connectivity index (χ1v) is 55.3. The van der Waals surface area contributed by atoms with Gasteiger partial charge in [0.15, 0.2) is 0 Å². The molecular weight excluding hydrogens is 1810 g/mol. The van der Waals surface area contributed by atoms with Crippen LogP contribution in [0.1, 0.15) is 262 Å². The summed E-state index contributed by atoms with van der Waals surface area (Å²) in [6.45, 7) is 61.7. The molecule has 3 nitrogen and oxygen atoms in total. The van der Waals surface area contributed by atoms with Crippen LogP contribution in [0.15, 0.2) is 455 Å². The van der Waals surface area contributed by atoms with Gasteiger partial charge in [0.1, 0.15) is 0 Å². The van der Waals surface area contributed by atoms with Gasteiger partial charge in [0, 0.05) is 65.7 Å². The second-order valence-electron chi connectivity index (χ2n) is 32.5. The average Bonchev–Trinajstić information content (AvgIpc) is 1.58. The molecule has 0 aliphatic heterocycles. The highest BCUT2D eigenvalue weighted by atomic mass is 15.0. The molecule has 0 fully saturated rings. The van der Waals surface area contributed by atoms with E-state index in [9.17, 15) is 0 Å². The molecule has 150 heavy (non-hydrogen) atoms. The van der Waals surface area contributed by atoms with Crippen molar-refractivity contribution >= 4 is 65.4 Å². The zero-order valence-electron chi connectivity index (χ0n) is 95.4. The fraction of sp³-hybridized carbons (Fsp3) is 0.265. The predicted octanol–water partition coefficient (Wildman–Crippen LogP) is 47.4. The van der Waals surface area contributed by atoms with Gasteiger partial charge in [-0.15, -0.1) is 0 Å². The van der Waals surface area contributed by atoms with Gasteiger partial charge >= 0.3 is 0 Å². The van der Waals surface area contributed by atoms with Gasteiger partial charge in [0.25, 0.3) is 0 Å². The van der Waals surface area contributed by atoms with Crippen LogP contribution in [0.5, 0.6) is 0 Å². The Bertz CT molecular complexity index is 6760. The third-order valence-electron chi connectivity index (χ3n) is 22.6. The van der Waals surface area contributed by atoms with Crippen molar-refractivity contribution in [2.45, 2.75) is 269 Å². The molecule has 3 heterocycles. The van der Waals surface area contributed by atoms with E-state index in [4.69, 9.17) is 0 Å². The highest BCUT2D eigenvalue weighted by molar-refractivity contribution is 6.13. The maximum absolute atomic E-state index is 2.47. The summed E-state index contributed by atoms with van der Waals surface area (Å²) in [5.74, 6) is 0. The van der Waals surface area contributed by atoms with E-state index in [2.05, 4.69) is 497 Å².